The summed E-state index contributed by atoms with van der Waals surface area (Å²) >= 11 is 0. The van der Waals surface area contributed by atoms with Crippen LogP contribution in [0.3, 0.4) is 0 Å². The van der Waals surface area contributed by atoms with Crippen LogP contribution in [0.4, 0.5) is 11.4 Å². The molecule has 0 aliphatic heterocycles. The van der Waals surface area contributed by atoms with Crippen LogP contribution in [0.2, 0.25) is 0 Å². The van der Waals surface area contributed by atoms with Gasteiger partial charge in [-0.15, -0.1) is 6.58 Å². The molecule has 3 rings (SSSR count). The highest BCUT2D eigenvalue weighted by Gasteiger charge is 1.89. The zero-order valence-corrected chi connectivity index (χ0v) is 12.7. The molecule has 0 spiro atoms. The Bertz CT molecular complexity index is 608. The number of allylic oxidation sites excluding steroid dienone is 1. The molecular weight excluding hydrogens is 266 g/mol. The summed E-state index contributed by atoms with van der Waals surface area (Å²) in [5.74, 6) is 0. The van der Waals surface area contributed by atoms with Crippen LogP contribution in [0.15, 0.2) is 104 Å². The zero-order valence-electron chi connectivity index (χ0n) is 12.7. The number of hydrogen-bond donors (Lipinski definition) is 1. The molecule has 0 aliphatic rings. The molecule has 1 nitrogen and oxygen atoms in total. The van der Waals surface area contributed by atoms with Gasteiger partial charge in [0.05, 0.1) is 0 Å². The van der Waals surface area contributed by atoms with Gasteiger partial charge in [0.25, 0.3) is 0 Å². The van der Waals surface area contributed by atoms with Gasteiger partial charge in [0.15, 0.2) is 0 Å². The van der Waals surface area contributed by atoms with Gasteiger partial charge in [0.1, 0.15) is 0 Å². The molecule has 0 unspecified atom stereocenters. The highest BCUT2D eigenvalue weighted by molar-refractivity contribution is 5.58. The van der Waals surface area contributed by atoms with E-state index in [1.807, 2.05) is 84.9 Å². The third kappa shape index (κ3) is 5.68. The molecule has 0 saturated carbocycles. The van der Waals surface area contributed by atoms with Crippen molar-refractivity contribution in [3.63, 3.8) is 0 Å². The van der Waals surface area contributed by atoms with E-state index >= 15 is 0 Å². The molecule has 0 atom stereocenters. The SMILES string of the molecule is C=CCc1ccccc1.c1ccc(Nc2ccccc2)cc1. The van der Waals surface area contributed by atoms with E-state index in [4.69, 9.17) is 0 Å². The van der Waals surface area contributed by atoms with E-state index in [1.54, 1.807) is 0 Å². The summed E-state index contributed by atoms with van der Waals surface area (Å²) < 4.78 is 0. The third-order valence-electron chi connectivity index (χ3n) is 3.06. The number of para-hydroxylation sites is 2. The normalized spacial score (nSPS) is 9.27. The summed E-state index contributed by atoms with van der Waals surface area (Å²) in [5.41, 5.74) is 3.56. The van der Waals surface area contributed by atoms with E-state index in [9.17, 15) is 0 Å². The topological polar surface area (TPSA) is 12.0 Å². The van der Waals surface area contributed by atoms with Crippen LogP contribution in [0.25, 0.3) is 0 Å². The standard InChI is InChI=1S/C12H11N.C9H10/c1-3-7-11(8-4-1)13-12-9-5-2-6-10-12;1-2-6-9-7-4-3-5-8-9/h1-10,13H;2-5,7-8H,1,6H2. The molecular formula is C21H21N. The number of anilines is 2. The van der Waals surface area contributed by atoms with E-state index in [0.29, 0.717) is 0 Å². The lowest BCUT2D eigenvalue weighted by atomic mass is 10.2. The minimum atomic E-state index is 0.973. The average molecular weight is 287 g/mol. The molecule has 0 saturated heterocycles. The van der Waals surface area contributed by atoms with E-state index in [2.05, 4.69) is 24.0 Å². The maximum absolute atomic E-state index is 3.66. The Labute approximate surface area is 133 Å². The lowest BCUT2D eigenvalue weighted by molar-refractivity contribution is 1.28. The van der Waals surface area contributed by atoms with Crippen LogP contribution in [0, 0.1) is 0 Å². The van der Waals surface area contributed by atoms with E-state index in [0.717, 1.165) is 17.8 Å². The first-order valence-electron chi connectivity index (χ1n) is 7.40. The van der Waals surface area contributed by atoms with Gasteiger partial charge in [-0.05, 0) is 36.2 Å². The maximum Gasteiger partial charge on any atom is 0.0384 e. The van der Waals surface area contributed by atoms with Crippen molar-refractivity contribution in [3.8, 4) is 0 Å². The molecule has 0 bridgehead atoms. The molecule has 22 heavy (non-hydrogen) atoms. The molecule has 1 heteroatoms. The van der Waals surface area contributed by atoms with E-state index in [-0.39, 0.29) is 0 Å². The highest BCUT2D eigenvalue weighted by Crippen LogP contribution is 2.14. The maximum atomic E-state index is 3.66. The van der Waals surface area contributed by atoms with Crippen LogP contribution in [-0.2, 0) is 6.42 Å². The predicted octanol–water partition coefficient (Wildman–Crippen LogP) is 5.85. The van der Waals surface area contributed by atoms with Crippen LogP contribution in [0.5, 0.6) is 0 Å². The molecule has 0 fully saturated rings. The summed E-state index contributed by atoms with van der Waals surface area (Å²) in [6.07, 6.45) is 2.89. The second kappa shape index (κ2) is 9.19. The largest absolute Gasteiger partial charge is 0.356 e. The van der Waals surface area contributed by atoms with Crippen LogP contribution in [-0.4, -0.2) is 0 Å². The second-order valence-corrected chi connectivity index (χ2v) is 4.84. The number of rotatable bonds is 4. The van der Waals surface area contributed by atoms with Crippen molar-refractivity contribution in [1.82, 2.24) is 0 Å². The fourth-order valence-corrected chi connectivity index (χ4v) is 1.99. The molecule has 3 aromatic carbocycles. The fourth-order valence-electron chi connectivity index (χ4n) is 1.99. The van der Waals surface area contributed by atoms with Crippen molar-refractivity contribution in [3.05, 3.63) is 109 Å². The summed E-state index contributed by atoms with van der Waals surface area (Å²) in [4.78, 5) is 0. The molecule has 0 radical (unpaired) electrons. The summed E-state index contributed by atoms with van der Waals surface area (Å²) in [6.45, 7) is 3.66. The molecule has 3 aromatic rings. The zero-order chi connectivity index (χ0) is 15.5. The quantitative estimate of drug-likeness (QED) is 0.594. The Balaban J connectivity index is 0.000000172. The van der Waals surface area contributed by atoms with Gasteiger partial charge in [0.2, 0.25) is 0 Å². The van der Waals surface area contributed by atoms with Gasteiger partial charge in [0, 0.05) is 11.4 Å². The van der Waals surface area contributed by atoms with Crippen molar-refractivity contribution in [2.45, 2.75) is 6.42 Å². The molecule has 0 amide bonds. The Hall–Kier alpha value is -2.80. The van der Waals surface area contributed by atoms with Gasteiger partial charge >= 0.3 is 0 Å². The lowest BCUT2D eigenvalue weighted by Crippen LogP contribution is -1.87. The fraction of sp³-hybridized carbons (Fsp3) is 0.0476. The van der Waals surface area contributed by atoms with Gasteiger partial charge < -0.3 is 5.32 Å². The number of hydrogen-bond acceptors (Lipinski definition) is 1. The van der Waals surface area contributed by atoms with Crippen molar-refractivity contribution in [1.29, 1.82) is 0 Å². The minimum Gasteiger partial charge on any atom is -0.356 e. The summed E-state index contributed by atoms with van der Waals surface area (Å²) in [5, 5.41) is 3.30. The Kier molecular flexibility index (Phi) is 6.51. The Morgan fingerprint density at radius 1 is 0.636 bits per heavy atom. The first kappa shape index (κ1) is 15.6. The Morgan fingerprint density at radius 2 is 1.05 bits per heavy atom. The first-order valence-corrected chi connectivity index (χ1v) is 7.40. The van der Waals surface area contributed by atoms with Gasteiger partial charge in [-0.25, -0.2) is 0 Å². The van der Waals surface area contributed by atoms with Gasteiger partial charge in [-0.3, -0.25) is 0 Å². The molecule has 0 aliphatic carbocycles. The van der Waals surface area contributed by atoms with E-state index in [1.165, 1.54) is 5.56 Å². The lowest BCUT2D eigenvalue weighted by Gasteiger charge is -2.04. The molecule has 0 aromatic heterocycles. The van der Waals surface area contributed by atoms with Crippen molar-refractivity contribution in [2.24, 2.45) is 0 Å². The van der Waals surface area contributed by atoms with Crippen LogP contribution >= 0.6 is 0 Å². The monoisotopic (exact) mass is 287 g/mol. The molecule has 0 heterocycles. The second-order valence-electron chi connectivity index (χ2n) is 4.84. The van der Waals surface area contributed by atoms with Crippen molar-refractivity contribution >= 4 is 11.4 Å². The van der Waals surface area contributed by atoms with Crippen LogP contribution < -0.4 is 5.32 Å². The van der Waals surface area contributed by atoms with Crippen molar-refractivity contribution in [2.75, 3.05) is 5.32 Å². The number of benzene rings is 3. The molecule has 110 valence electrons. The average Bonchev–Trinajstić information content (AvgIpc) is 2.59. The number of nitrogens with one attached hydrogen (secondary N) is 1. The highest BCUT2D eigenvalue weighted by atomic mass is 14.9. The van der Waals surface area contributed by atoms with Crippen LogP contribution in [0.1, 0.15) is 5.56 Å². The third-order valence-corrected chi connectivity index (χ3v) is 3.06. The smallest absolute Gasteiger partial charge is 0.0384 e. The van der Waals surface area contributed by atoms with Gasteiger partial charge in [-0.1, -0.05) is 72.8 Å². The molecule has 1 N–H and O–H groups in total. The predicted molar refractivity (Wildman–Crippen MR) is 96.5 cm³/mol. The summed E-state index contributed by atoms with van der Waals surface area (Å²) in [6, 6.07) is 30.6. The Morgan fingerprint density at radius 3 is 1.45 bits per heavy atom. The van der Waals surface area contributed by atoms with Crippen molar-refractivity contribution < 1.29 is 0 Å². The van der Waals surface area contributed by atoms with E-state index < -0.39 is 0 Å². The minimum absolute atomic E-state index is 0.973. The summed E-state index contributed by atoms with van der Waals surface area (Å²) in [7, 11) is 0. The van der Waals surface area contributed by atoms with Gasteiger partial charge in [-0.2, -0.15) is 0 Å². The first-order chi connectivity index (χ1) is 10.9.